The summed E-state index contributed by atoms with van der Waals surface area (Å²) in [7, 11) is 1.59. The molecule has 0 N–H and O–H groups in total. The Morgan fingerprint density at radius 1 is 1.30 bits per heavy atom. The molecular weight excluding hydrogens is 310 g/mol. The SMILES string of the molecule is CN1N=C(c2ccncc2)C(C(=O)c2cc3c(s2)CCC3)C1=O. The summed E-state index contributed by atoms with van der Waals surface area (Å²) in [5.41, 5.74) is 2.54. The second kappa shape index (κ2) is 5.38. The van der Waals surface area contributed by atoms with Gasteiger partial charge in [0.15, 0.2) is 5.78 Å². The van der Waals surface area contributed by atoms with Gasteiger partial charge in [-0.25, -0.2) is 5.01 Å². The van der Waals surface area contributed by atoms with Crippen LogP contribution in [0.4, 0.5) is 0 Å². The van der Waals surface area contributed by atoms with Gasteiger partial charge in [0.25, 0.3) is 5.91 Å². The molecule has 0 spiro atoms. The summed E-state index contributed by atoms with van der Waals surface area (Å²) < 4.78 is 0. The van der Waals surface area contributed by atoms with E-state index in [-0.39, 0.29) is 11.7 Å². The number of hydrogen-bond acceptors (Lipinski definition) is 5. The molecule has 0 saturated carbocycles. The Kier molecular flexibility index (Phi) is 3.34. The highest BCUT2D eigenvalue weighted by Gasteiger charge is 2.41. The van der Waals surface area contributed by atoms with Gasteiger partial charge in [-0.3, -0.25) is 14.6 Å². The highest BCUT2D eigenvalue weighted by Crippen LogP contribution is 2.33. The van der Waals surface area contributed by atoms with Crippen molar-refractivity contribution in [2.75, 3.05) is 7.05 Å². The van der Waals surface area contributed by atoms with Gasteiger partial charge < -0.3 is 0 Å². The van der Waals surface area contributed by atoms with E-state index >= 15 is 0 Å². The molecule has 6 heteroatoms. The molecule has 0 fully saturated rings. The van der Waals surface area contributed by atoms with Gasteiger partial charge in [-0.2, -0.15) is 5.10 Å². The van der Waals surface area contributed by atoms with E-state index in [1.165, 1.54) is 26.8 Å². The van der Waals surface area contributed by atoms with Crippen molar-refractivity contribution in [2.24, 2.45) is 11.0 Å². The first-order chi connectivity index (χ1) is 11.1. The minimum Gasteiger partial charge on any atom is -0.292 e. The van der Waals surface area contributed by atoms with Crippen LogP contribution in [0.2, 0.25) is 0 Å². The molecule has 2 aromatic heterocycles. The number of hydrazone groups is 1. The number of nitrogens with zero attached hydrogens (tertiary/aromatic N) is 3. The number of aromatic nitrogens is 1. The van der Waals surface area contributed by atoms with Gasteiger partial charge in [0.1, 0.15) is 5.92 Å². The standard InChI is InChI=1S/C17H15N3O2S/c1-20-17(22)14(15(19-20)10-5-7-18-8-6-10)16(21)13-9-11-3-2-4-12(11)23-13/h5-9,14H,2-4H2,1H3. The summed E-state index contributed by atoms with van der Waals surface area (Å²) in [5.74, 6) is -1.26. The van der Waals surface area contributed by atoms with Crippen molar-refractivity contribution in [2.45, 2.75) is 19.3 Å². The lowest BCUT2D eigenvalue weighted by Gasteiger charge is -2.09. The van der Waals surface area contributed by atoms with Crippen molar-refractivity contribution in [3.63, 3.8) is 0 Å². The predicted molar refractivity (Wildman–Crippen MR) is 87.7 cm³/mol. The first-order valence-corrected chi connectivity index (χ1v) is 8.39. The molecule has 4 rings (SSSR count). The Hall–Kier alpha value is -2.34. The zero-order chi connectivity index (χ0) is 16.0. The van der Waals surface area contributed by atoms with Crippen LogP contribution in [0.1, 0.15) is 32.1 Å². The number of Topliss-reactive ketones (excluding diaryl/α,β-unsaturated/α-hetero) is 1. The van der Waals surface area contributed by atoms with Gasteiger partial charge in [-0.15, -0.1) is 11.3 Å². The molecule has 5 nitrogen and oxygen atoms in total. The second-order valence-electron chi connectivity index (χ2n) is 5.79. The maximum Gasteiger partial charge on any atom is 0.259 e. The highest BCUT2D eigenvalue weighted by molar-refractivity contribution is 7.14. The van der Waals surface area contributed by atoms with E-state index in [0.29, 0.717) is 10.6 Å². The second-order valence-corrected chi connectivity index (χ2v) is 6.93. The quantitative estimate of drug-likeness (QED) is 0.642. The largest absolute Gasteiger partial charge is 0.292 e. The molecule has 2 aliphatic rings. The fourth-order valence-corrected chi connectivity index (χ4v) is 4.37. The number of aryl methyl sites for hydroxylation is 2. The zero-order valence-electron chi connectivity index (χ0n) is 12.7. The van der Waals surface area contributed by atoms with Gasteiger partial charge in [-0.1, -0.05) is 0 Å². The lowest BCUT2D eigenvalue weighted by Crippen LogP contribution is -2.31. The number of fused-ring (bicyclic) bond motifs is 1. The molecular formula is C17H15N3O2S. The van der Waals surface area contributed by atoms with E-state index in [1.54, 1.807) is 31.6 Å². The summed E-state index contributed by atoms with van der Waals surface area (Å²) in [5, 5.41) is 5.55. The third-order valence-corrected chi connectivity index (χ3v) is 5.58. The third kappa shape index (κ3) is 2.30. The van der Waals surface area contributed by atoms with Crippen LogP contribution in [0.5, 0.6) is 0 Å². The number of rotatable bonds is 3. The molecule has 0 aromatic carbocycles. The molecule has 0 saturated heterocycles. The van der Waals surface area contributed by atoms with Crippen molar-refractivity contribution in [1.82, 2.24) is 9.99 Å². The maximum absolute atomic E-state index is 13.0. The zero-order valence-corrected chi connectivity index (χ0v) is 13.5. The number of carbonyl (C=O) groups is 2. The Labute approximate surface area is 137 Å². The number of amides is 1. The molecule has 1 unspecified atom stereocenters. The van der Waals surface area contributed by atoms with E-state index in [1.807, 2.05) is 6.07 Å². The lowest BCUT2D eigenvalue weighted by atomic mass is 9.92. The summed E-state index contributed by atoms with van der Waals surface area (Å²) in [6.45, 7) is 0. The lowest BCUT2D eigenvalue weighted by molar-refractivity contribution is -0.129. The number of ketones is 1. The summed E-state index contributed by atoms with van der Waals surface area (Å²) >= 11 is 1.53. The Morgan fingerprint density at radius 3 is 2.83 bits per heavy atom. The average Bonchev–Trinajstić information content (AvgIpc) is 3.22. The van der Waals surface area contributed by atoms with Crippen LogP contribution in [0, 0.1) is 5.92 Å². The predicted octanol–water partition coefficient (Wildman–Crippen LogP) is 2.31. The highest BCUT2D eigenvalue weighted by atomic mass is 32.1. The van der Waals surface area contributed by atoms with Gasteiger partial charge >= 0.3 is 0 Å². The number of carbonyl (C=O) groups excluding carboxylic acids is 2. The Morgan fingerprint density at radius 2 is 2.09 bits per heavy atom. The van der Waals surface area contributed by atoms with E-state index in [0.717, 1.165) is 24.8 Å². The van der Waals surface area contributed by atoms with Gasteiger partial charge in [0.2, 0.25) is 0 Å². The molecule has 23 heavy (non-hydrogen) atoms. The Balaban J connectivity index is 1.71. The van der Waals surface area contributed by atoms with Crippen LogP contribution in [0.25, 0.3) is 0 Å². The molecule has 116 valence electrons. The van der Waals surface area contributed by atoms with Crippen LogP contribution in [-0.4, -0.2) is 34.4 Å². The number of pyridine rings is 1. The third-order valence-electron chi connectivity index (χ3n) is 4.32. The van der Waals surface area contributed by atoms with Crippen molar-refractivity contribution >= 4 is 28.7 Å². The molecule has 2 aromatic rings. The van der Waals surface area contributed by atoms with E-state index in [2.05, 4.69) is 10.1 Å². The minimum absolute atomic E-state index is 0.144. The van der Waals surface area contributed by atoms with Gasteiger partial charge in [0.05, 0.1) is 10.6 Å². The van der Waals surface area contributed by atoms with Gasteiger partial charge in [0, 0.05) is 29.9 Å². The normalized spacial score (nSPS) is 19.9. The van der Waals surface area contributed by atoms with Crippen molar-refractivity contribution in [3.8, 4) is 0 Å². The van der Waals surface area contributed by atoms with Crippen molar-refractivity contribution < 1.29 is 9.59 Å². The smallest absolute Gasteiger partial charge is 0.259 e. The van der Waals surface area contributed by atoms with E-state index < -0.39 is 5.92 Å². The molecule has 1 aliphatic carbocycles. The van der Waals surface area contributed by atoms with Crippen LogP contribution in [0.3, 0.4) is 0 Å². The topological polar surface area (TPSA) is 62.6 Å². The van der Waals surface area contributed by atoms with E-state index in [4.69, 9.17) is 0 Å². The summed E-state index contributed by atoms with van der Waals surface area (Å²) in [4.78, 5) is 31.4. The molecule has 1 atom stereocenters. The summed E-state index contributed by atoms with van der Waals surface area (Å²) in [6, 6.07) is 5.52. The van der Waals surface area contributed by atoms with E-state index in [9.17, 15) is 9.59 Å². The van der Waals surface area contributed by atoms with Crippen LogP contribution < -0.4 is 0 Å². The fourth-order valence-electron chi connectivity index (χ4n) is 3.15. The molecule has 1 aliphatic heterocycles. The molecule has 1 amide bonds. The molecule has 0 bridgehead atoms. The first-order valence-electron chi connectivity index (χ1n) is 7.57. The molecule has 0 radical (unpaired) electrons. The number of thiophene rings is 1. The number of hydrogen-bond donors (Lipinski definition) is 0. The van der Waals surface area contributed by atoms with Crippen LogP contribution in [-0.2, 0) is 17.6 Å². The fraction of sp³-hybridized carbons (Fsp3) is 0.294. The molecule has 3 heterocycles. The Bertz CT molecular complexity index is 804. The monoisotopic (exact) mass is 325 g/mol. The van der Waals surface area contributed by atoms with Crippen molar-refractivity contribution in [1.29, 1.82) is 0 Å². The average molecular weight is 325 g/mol. The van der Waals surface area contributed by atoms with Crippen molar-refractivity contribution in [3.05, 3.63) is 51.5 Å². The first kappa shape index (κ1) is 14.3. The minimum atomic E-state index is -0.846. The van der Waals surface area contributed by atoms with Gasteiger partial charge in [-0.05, 0) is 43.0 Å². The summed E-state index contributed by atoms with van der Waals surface area (Å²) in [6.07, 6.45) is 6.51. The van der Waals surface area contributed by atoms with Crippen LogP contribution in [0.15, 0.2) is 35.7 Å². The maximum atomic E-state index is 13.0. The van der Waals surface area contributed by atoms with Crippen LogP contribution >= 0.6 is 11.3 Å².